The van der Waals surface area contributed by atoms with Crippen molar-refractivity contribution in [3.05, 3.63) is 64.7 Å². The smallest absolute Gasteiger partial charge is 0.230 e. The van der Waals surface area contributed by atoms with Gasteiger partial charge in [-0.3, -0.25) is 9.59 Å². The van der Waals surface area contributed by atoms with E-state index in [4.69, 9.17) is 16.3 Å². The van der Waals surface area contributed by atoms with E-state index in [-0.39, 0.29) is 17.7 Å². The van der Waals surface area contributed by atoms with Crippen LogP contribution >= 0.6 is 11.6 Å². The highest BCUT2D eigenvalue weighted by atomic mass is 35.5. The molecule has 0 bridgehead atoms. The average molecular weight is 511 g/mol. The van der Waals surface area contributed by atoms with Crippen molar-refractivity contribution in [2.24, 2.45) is 5.41 Å². The minimum absolute atomic E-state index is 0.153. The van der Waals surface area contributed by atoms with Gasteiger partial charge in [0.2, 0.25) is 11.8 Å². The van der Waals surface area contributed by atoms with Gasteiger partial charge in [0.1, 0.15) is 5.75 Å². The zero-order valence-electron chi connectivity index (χ0n) is 21.7. The van der Waals surface area contributed by atoms with Crippen LogP contribution < -0.4 is 4.74 Å². The molecule has 2 aliphatic heterocycles. The summed E-state index contributed by atoms with van der Waals surface area (Å²) in [5.41, 5.74) is 1.60. The molecule has 2 aromatic rings. The number of ether oxygens (including phenoxy) is 1. The number of benzene rings is 2. The summed E-state index contributed by atoms with van der Waals surface area (Å²) in [6.07, 6.45) is 6.22. The first-order chi connectivity index (χ1) is 17.4. The molecule has 2 heterocycles. The average Bonchev–Trinajstić information content (AvgIpc) is 2.91. The molecule has 2 aliphatic rings. The third kappa shape index (κ3) is 6.42. The molecule has 0 saturated carbocycles. The fraction of sp³-hybridized carbons (Fsp3) is 0.533. The van der Waals surface area contributed by atoms with Crippen molar-refractivity contribution < 1.29 is 14.3 Å². The lowest BCUT2D eigenvalue weighted by atomic mass is 9.76. The van der Waals surface area contributed by atoms with Gasteiger partial charge in [-0.2, -0.15) is 0 Å². The van der Waals surface area contributed by atoms with Crippen molar-refractivity contribution in [3.63, 3.8) is 0 Å². The molecule has 0 aliphatic carbocycles. The molecule has 5 nitrogen and oxygen atoms in total. The number of nitrogens with zero attached hydrogens (tertiary/aromatic N) is 2. The molecule has 2 atom stereocenters. The zero-order valence-corrected chi connectivity index (χ0v) is 22.4. The van der Waals surface area contributed by atoms with Gasteiger partial charge in [0.15, 0.2) is 0 Å². The molecule has 2 aromatic carbocycles. The highest BCUT2D eigenvalue weighted by Crippen LogP contribution is 2.37. The van der Waals surface area contributed by atoms with Crippen LogP contribution in [0.4, 0.5) is 0 Å². The highest BCUT2D eigenvalue weighted by molar-refractivity contribution is 6.31. The highest BCUT2D eigenvalue weighted by Gasteiger charge is 2.42. The number of carbonyl (C=O) groups excluding carboxylic acids is 2. The Hall–Kier alpha value is -2.53. The zero-order chi connectivity index (χ0) is 25.5. The minimum Gasteiger partial charge on any atom is -0.493 e. The third-order valence-electron chi connectivity index (χ3n) is 7.79. The second kappa shape index (κ2) is 12.1. The Morgan fingerprint density at radius 2 is 1.72 bits per heavy atom. The summed E-state index contributed by atoms with van der Waals surface area (Å²) in [6, 6.07) is 15.7. The summed E-state index contributed by atoms with van der Waals surface area (Å²) < 4.78 is 6.31. The number of likely N-dealkylation sites (tertiary alicyclic amines) is 2. The van der Waals surface area contributed by atoms with Crippen LogP contribution in [0, 0.1) is 12.3 Å². The van der Waals surface area contributed by atoms with E-state index in [1.807, 2.05) is 65.3 Å². The summed E-state index contributed by atoms with van der Waals surface area (Å²) >= 11 is 6.21. The van der Waals surface area contributed by atoms with Crippen LogP contribution in [0.5, 0.6) is 5.75 Å². The van der Waals surface area contributed by atoms with E-state index in [1.165, 1.54) is 6.42 Å². The monoisotopic (exact) mass is 510 g/mol. The maximum Gasteiger partial charge on any atom is 0.230 e. The Morgan fingerprint density at radius 3 is 2.42 bits per heavy atom. The molecule has 0 spiro atoms. The van der Waals surface area contributed by atoms with Crippen molar-refractivity contribution in [1.82, 2.24) is 9.80 Å². The maximum absolute atomic E-state index is 13.7. The molecule has 194 valence electrons. The quantitative estimate of drug-likeness (QED) is 0.423. The van der Waals surface area contributed by atoms with Gasteiger partial charge in [0, 0.05) is 43.0 Å². The standard InChI is InChI=1S/C30H39ClN2O3/c1-3-26(24-11-6-4-7-12-24)29(35)33-18-10-15-30(21-33,20-28(34)32-16-8-5-9-17-32)22-36-25-13-14-27(31)23(2)19-25/h4,6-7,11-14,19,26H,3,5,8-10,15-18,20-22H2,1-2H3. The largest absolute Gasteiger partial charge is 0.493 e. The van der Waals surface area contributed by atoms with E-state index in [2.05, 4.69) is 6.92 Å². The molecule has 0 aromatic heterocycles. The first-order valence-electron chi connectivity index (χ1n) is 13.4. The van der Waals surface area contributed by atoms with Crippen LogP contribution in [0.25, 0.3) is 0 Å². The van der Waals surface area contributed by atoms with Gasteiger partial charge in [-0.05, 0) is 74.8 Å². The molecule has 36 heavy (non-hydrogen) atoms. The number of halogens is 1. The fourth-order valence-corrected chi connectivity index (χ4v) is 5.80. The summed E-state index contributed by atoms with van der Waals surface area (Å²) in [5, 5.41) is 0.707. The predicted octanol–water partition coefficient (Wildman–Crippen LogP) is 6.23. The third-order valence-corrected chi connectivity index (χ3v) is 8.21. The Morgan fingerprint density at radius 1 is 1.00 bits per heavy atom. The van der Waals surface area contributed by atoms with Crippen molar-refractivity contribution in [2.45, 2.75) is 64.7 Å². The van der Waals surface area contributed by atoms with Crippen LogP contribution in [0.15, 0.2) is 48.5 Å². The number of piperidine rings is 2. The summed E-state index contributed by atoms with van der Waals surface area (Å²) in [4.78, 5) is 31.2. The summed E-state index contributed by atoms with van der Waals surface area (Å²) in [7, 11) is 0. The number of hydrogen-bond donors (Lipinski definition) is 0. The molecule has 2 fully saturated rings. The van der Waals surface area contributed by atoms with E-state index in [0.29, 0.717) is 24.6 Å². The minimum atomic E-state index is -0.412. The van der Waals surface area contributed by atoms with E-state index >= 15 is 0 Å². The van der Waals surface area contributed by atoms with Crippen LogP contribution in [0.1, 0.15) is 68.9 Å². The lowest BCUT2D eigenvalue weighted by Gasteiger charge is -2.44. The van der Waals surface area contributed by atoms with Gasteiger partial charge in [-0.15, -0.1) is 0 Å². The van der Waals surface area contributed by atoms with Gasteiger partial charge in [-0.1, -0.05) is 48.9 Å². The van der Waals surface area contributed by atoms with E-state index in [9.17, 15) is 9.59 Å². The Kier molecular flexibility index (Phi) is 8.95. The molecule has 0 radical (unpaired) electrons. The molecule has 6 heteroatoms. The van der Waals surface area contributed by atoms with E-state index in [1.54, 1.807) is 0 Å². The first kappa shape index (κ1) is 26.5. The SMILES string of the molecule is CCC(C(=O)N1CCCC(COc2ccc(Cl)c(C)c2)(CC(=O)N2CCCCC2)C1)c1ccccc1. The number of aryl methyl sites for hydroxylation is 1. The second-order valence-electron chi connectivity index (χ2n) is 10.6. The molecule has 2 saturated heterocycles. The molecule has 4 rings (SSSR count). The maximum atomic E-state index is 13.7. The Labute approximate surface area is 220 Å². The van der Waals surface area contributed by atoms with Crippen molar-refractivity contribution >= 4 is 23.4 Å². The first-order valence-corrected chi connectivity index (χ1v) is 13.8. The second-order valence-corrected chi connectivity index (χ2v) is 11.0. The molecule has 2 unspecified atom stereocenters. The van der Waals surface area contributed by atoms with Gasteiger partial charge < -0.3 is 14.5 Å². The van der Waals surface area contributed by atoms with E-state index in [0.717, 1.165) is 68.6 Å². The van der Waals surface area contributed by atoms with Gasteiger partial charge in [0.25, 0.3) is 0 Å². The van der Waals surface area contributed by atoms with Gasteiger partial charge in [0.05, 0.1) is 12.5 Å². The lowest BCUT2D eigenvalue weighted by Crippen LogP contribution is -2.52. The van der Waals surface area contributed by atoms with Crippen LogP contribution in [0.2, 0.25) is 5.02 Å². The fourth-order valence-electron chi connectivity index (χ4n) is 5.69. The van der Waals surface area contributed by atoms with Gasteiger partial charge in [-0.25, -0.2) is 0 Å². The molecule has 0 N–H and O–H groups in total. The Bertz CT molecular complexity index is 1040. The number of rotatable bonds is 8. The van der Waals surface area contributed by atoms with Crippen LogP contribution in [-0.4, -0.2) is 54.4 Å². The van der Waals surface area contributed by atoms with Crippen molar-refractivity contribution in [2.75, 3.05) is 32.8 Å². The Balaban J connectivity index is 1.54. The molecular weight excluding hydrogens is 472 g/mol. The molecule has 2 amide bonds. The van der Waals surface area contributed by atoms with Crippen LogP contribution in [0.3, 0.4) is 0 Å². The summed E-state index contributed by atoms with van der Waals surface area (Å²) in [6.45, 7) is 7.36. The van der Waals surface area contributed by atoms with Crippen molar-refractivity contribution in [3.8, 4) is 5.75 Å². The lowest BCUT2D eigenvalue weighted by molar-refractivity contribution is -0.143. The van der Waals surface area contributed by atoms with Crippen molar-refractivity contribution in [1.29, 1.82) is 0 Å². The number of amides is 2. The van der Waals surface area contributed by atoms with Crippen LogP contribution in [-0.2, 0) is 9.59 Å². The molecular formula is C30H39ClN2O3. The summed E-state index contributed by atoms with van der Waals surface area (Å²) in [5.74, 6) is 0.927. The normalized spacial score (nSPS) is 21.2. The topological polar surface area (TPSA) is 49.9 Å². The number of hydrogen-bond acceptors (Lipinski definition) is 3. The van der Waals surface area contributed by atoms with Gasteiger partial charge >= 0.3 is 0 Å². The predicted molar refractivity (Wildman–Crippen MR) is 144 cm³/mol. The van der Waals surface area contributed by atoms with E-state index < -0.39 is 5.41 Å². The number of carbonyl (C=O) groups is 2.